The summed E-state index contributed by atoms with van der Waals surface area (Å²) in [6, 6.07) is 15.1. The van der Waals surface area contributed by atoms with Crippen LogP contribution in [-0.4, -0.2) is 10.1 Å². The Bertz CT molecular complexity index is 682. The lowest BCUT2D eigenvalue weighted by Gasteiger charge is -2.21. The van der Waals surface area contributed by atoms with E-state index in [2.05, 4.69) is 0 Å². The van der Waals surface area contributed by atoms with Crippen LogP contribution in [0.15, 0.2) is 58.3 Å². The van der Waals surface area contributed by atoms with E-state index in [1.54, 1.807) is 0 Å². The van der Waals surface area contributed by atoms with Crippen molar-refractivity contribution >= 4 is 45.0 Å². The number of hydrogen-bond donors (Lipinski definition) is 4. The summed E-state index contributed by atoms with van der Waals surface area (Å²) in [5.41, 5.74) is 13.2. The predicted molar refractivity (Wildman–Crippen MR) is 107 cm³/mol. The fourth-order valence-electron chi connectivity index (χ4n) is 2.02. The molecule has 0 saturated carbocycles. The summed E-state index contributed by atoms with van der Waals surface area (Å²) < 4.78 is 0. The molecule has 0 heterocycles. The summed E-state index contributed by atoms with van der Waals surface area (Å²) in [5.74, 6) is -0.140. The van der Waals surface area contributed by atoms with Crippen LogP contribution in [0.5, 0.6) is 0 Å². The van der Waals surface area contributed by atoms with Gasteiger partial charge in [-0.2, -0.15) is 0 Å². The van der Waals surface area contributed by atoms with Crippen molar-refractivity contribution in [2.45, 2.75) is 23.6 Å². The number of anilines is 2. The van der Waals surface area contributed by atoms with Gasteiger partial charge in [0.1, 0.15) is 0 Å². The Labute approximate surface area is 151 Å². The SMILES string of the molecule is CC(C(=N)Sc1ccccc1N)C(C)C(=N)Sc1ccccc1N. The Morgan fingerprint density at radius 3 is 1.42 bits per heavy atom. The molecule has 0 spiro atoms. The lowest BCUT2D eigenvalue weighted by molar-refractivity contribution is 0.634. The van der Waals surface area contributed by atoms with Crippen molar-refractivity contribution < 1.29 is 0 Å². The van der Waals surface area contributed by atoms with Gasteiger partial charge in [0, 0.05) is 33.0 Å². The van der Waals surface area contributed by atoms with E-state index in [-0.39, 0.29) is 11.8 Å². The fourth-order valence-corrected chi connectivity index (χ4v) is 3.94. The Morgan fingerprint density at radius 2 is 1.08 bits per heavy atom. The molecular formula is C18H22N4S2. The van der Waals surface area contributed by atoms with Crippen molar-refractivity contribution in [3.63, 3.8) is 0 Å². The molecule has 2 aromatic rings. The number of thioether (sulfide) groups is 2. The number of para-hydroxylation sites is 2. The van der Waals surface area contributed by atoms with E-state index in [0.29, 0.717) is 21.5 Å². The highest BCUT2D eigenvalue weighted by molar-refractivity contribution is 8.14. The van der Waals surface area contributed by atoms with E-state index in [1.807, 2.05) is 62.4 Å². The second-order valence-electron chi connectivity index (χ2n) is 5.59. The average molecular weight is 359 g/mol. The first kappa shape index (κ1) is 18.4. The molecule has 2 rings (SSSR count). The van der Waals surface area contributed by atoms with Gasteiger partial charge in [-0.25, -0.2) is 0 Å². The standard InChI is InChI=1S/C18H22N4S2/c1-11(17(21)23-15-9-5-3-7-13(15)19)12(2)18(22)24-16-10-6-4-8-14(16)20/h3-12,21-22H,19-20H2,1-2H3. The Hall–Kier alpha value is -1.92. The van der Waals surface area contributed by atoms with Gasteiger partial charge < -0.3 is 11.5 Å². The van der Waals surface area contributed by atoms with Crippen molar-refractivity contribution in [2.24, 2.45) is 11.8 Å². The van der Waals surface area contributed by atoms with Crippen LogP contribution in [0.4, 0.5) is 11.4 Å². The van der Waals surface area contributed by atoms with Crippen molar-refractivity contribution in [3.8, 4) is 0 Å². The molecule has 0 aliphatic carbocycles. The number of nitrogen functional groups attached to an aromatic ring is 2. The molecule has 0 radical (unpaired) electrons. The van der Waals surface area contributed by atoms with E-state index in [9.17, 15) is 0 Å². The van der Waals surface area contributed by atoms with Gasteiger partial charge in [0.25, 0.3) is 0 Å². The molecule has 2 unspecified atom stereocenters. The van der Waals surface area contributed by atoms with Gasteiger partial charge in [-0.3, -0.25) is 10.8 Å². The minimum absolute atomic E-state index is 0.0699. The molecule has 0 aliphatic heterocycles. The molecule has 2 atom stereocenters. The molecule has 6 heteroatoms. The van der Waals surface area contributed by atoms with Crippen molar-refractivity contribution in [1.82, 2.24) is 0 Å². The van der Waals surface area contributed by atoms with Crippen molar-refractivity contribution in [2.75, 3.05) is 11.5 Å². The van der Waals surface area contributed by atoms with Gasteiger partial charge >= 0.3 is 0 Å². The van der Waals surface area contributed by atoms with Gasteiger partial charge in [-0.1, -0.05) is 61.6 Å². The van der Waals surface area contributed by atoms with Crippen LogP contribution < -0.4 is 11.5 Å². The summed E-state index contributed by atoms with van der Waals surface area (Å²) in [4.78, 5) is 1.76. The van der Waals surface area contributed by atoms with Crippen LogP contribution in [0.1, 0.15) is 13.8 Å². The van der Waals surface area contributed by atoms with Gasteiger partial charge in [0.05, 0.1) is 10.1 Å². The van der Waals surface area contributed by atoms with Gasteiger partial charge in [-0.05, 0) is 24.3 Å². The van der Waals surface area contributed by atoms with Gasteiger partial charge in [0.15, 0.2) is 0 Å². The van der Waals surface area contributed by atoms with E-state index in [1.165, 1.54) is 23.5 Å². The van der Waals surface area contributed by atoms with E-state index in [0.717, 1.165) is 9.79 Å². The molecule has 24 heavy (non-hydrogen) atoms. The zero-order valence-corrected chi connectivity index (χ0v) is 15.4. The number of nitrogens with two attached hydrogens (primary N) is 2. The first-order valence-corrected chi connectivity index (χ1v) is 9.25. The highest BCUT2D eigenvalue weighted by Crippen LogP contribution is 2.34. The van der Waals surface area contributed by atoms with Crippen LogP contribution in [0.2, 0.25) is 0 Å². The molecular weight excluding hydrogens is 336 g/mol. The maximum Gasteiger partial charge on any atom is 0.0724 e. The fraction of sp³-hybridized carbons (Fsp3) is 0.222. The second kappa shape index (κ2) is 8.26. The second-order valence-corrected chi connectivity index (χ2v) is 7.75. The van der Waals surface area contributed by atoms with Crippen LogP contribution in [0, 0.1) is 22.7 Å². The lowest BCUT2D eigenvalue weighted by Crippen LogP contribution is -2.21. The Kier molecular flexibility index (Phi) is 6.34. The molecule has 0 aromatic heterocycles. The zero-order chi connectivity index (χ0) is 17.7. The third kappa shape index (κ3) is 4.55. The topological polar surface area (TPSA) is 99.7 Å². The molecule has 0 aliphatic rings. The lowest BCUT2D eigenvalue weighted by atomic mass is 9.98. The number of benzene rings is 2. The minimum Gasteiger partial charge on any atom is -0.398 e. The van der Waals surface area contributed by atoms with E-state index < -0.39 is 0 Å². The molecule has 0 saturated heterocycles. The van der Waals surface area contributed by atoms with Crippen molar-refractivity contribution in [1.29, 1.82) is 10.8 Å². The molecule has 2 aromatic carbocycles. The summed E-state index contributed by atoms with van der Waals surface area (Å²) in [6.07, 6.45) is 0. The van der Waals surface area contributed by atoms with Crippen LogP contribution >= 0.6 is 23.5 Å². The summed E-state index contributed by atoms with van der Waals surface area (Å²) in [6.45, 7) is 3.95. The minimum atomic E-state index is -0.0699. The highest BCUT2D eigenvalue weighted by Gasteiger charge is 2.23. The summed E-state index contributed by atoms with van der Waals surface area (Å²) in [7, 11) is 0. The molecule has 126 valence electrons. The largest absolute Gasteiger partial charge is 0.398 e. The smallest absolute Gasteiger partial charge is 0.0724 e. The Balaban J connectivity index is 2.01. The maximum atomic E-state index is 8.35. The molecule has 6 N–H and O–H groups in total. The number of nitrogens with one attached hydrogen (secondary N) is 2. The van der Waals surface area contributed by atoms with Gasteiger partial charge in [0.2, 0.25) is 0 Å². The summed E-state index contributed by atoms with van der Waals surface area (Å²) in [5, 5.41) is 17.7. The van der Waals surface area contributed by atoms with Crippen molar-refractivity contribution in [3.05, 3.63) is 48.5 Å². The van der Waals surface area contributed by atoms with E-state index >= 15 is 0 Å². The third-order valence-corrected chi connectivity index (χ3v) is 6.22. The third-order valence-electron chi connectivity index (χ3n) is 3.85. The van der Waals surface area contributed by atoms with Crippen LogP contribution in [0.3, 0.4) is 0 Å². The predicted octanol–water partition coefficient (Wildman–Crippen LogP) is 4.96. The Morgan fingerprint density at radius 1 is 0.750 bits per heavy atom. The molecule has 4 nitrogen and oxygen atoms in total. The monoisotopic (exact) mass is 358 g/mol. The quantitative estimate of drug-likeness (QED) is 0.263. The van der Waals surface area contributed by atoms with Gasteiger partial charge in [-0.15, -0.1) is 0 Å². The first-order chi connectivity index (χ1) is 11.4. The molecule has 0 amide bonds. The molecule has 0 bridgehead atoms. The highest BCUT2D eigenvalue weighted by atomic mass is 32.2. The number of hydrogen-bond acceptors (Lipinski definition) is 6. The first-order valence-electron chi connectivity index (χ1n) is 7.61. The maximum absolute atomic E-state index is 8.35. The summed E-state index contributed by atoms with van der Waals surface area (Å²) >= 11 is 2.72. The van der Waals surface area contributed by atoms with E-state index in [4.69, 9.17) is 22.3 Å². The van der Waals surface area contributed by atoms with Crippen LogP contribution in [0.25, 0.3) is 0 Å². The average Bonchev–Trinajstić information content (AvgIpc) is 2.57. The molecule has 0 fully saturated rings. The number of rotatable bonds is 5. The normalized spacial score (nSPS) is 13.2. The zero-order valence-electron chi connectivity index (χ0n) is 13.7. The van der Waals surface area contributed by atoms with Crippen LogP contribution in [-0.2, 0) is 0 Å².